The second kappa shape index (κ2) is 5.85. The van der Waals surface area contributed by atoms with E-state index in [0.717, 1.165) is 22.6 Å². The van der Waals surface area contributed by atoms with Gasteiger partial charge in [-0.3, -0.25) is 0 Å². The van der Waals surface area contributed by atoms with Gasteiger partial charge in [-0.05, 0) is 23.6 Å². The molecular weight excluding hydrogens is 232 g/mol. The third kappa shape index (κ3) is 3.09. The summed E-state index contributed by atoms with van der Waals surface area (Å²) in [4.78, 5) is 0. The van der Waals surface area contributed by atoms with E-state index in [1.165, 1.54) is 0 Å². The SMILES string of the molecule is OCC(Cc1ccccc1Cl)c1ccccc1. The van der Waals surface area contributed by atoms with Gasteiger partial charge in [-0.15, -0.1) is 0 Å². The van der Waals surface area contributed by atoms with Crippen molar-refractivity contribution in [1.29, 1.82) is 0 Å². The average Bonchev–Trinajstić information content (AvgIpc) is 2.39. The van der Waals surface area contributed by atoms with Crippen molar-refractivity contribution in [3.8, 4) is 0 Å². The fourth-order valence-corrected chi connectivity index (χ4v) is 2.16. The highest BCUT2D eigenvalue weighted by Crippen LogP contribution is 2.24. The zero-order chi connectivity index (χ0) is 12.1. The Hall–Kier alpha value is -1.31. The molecule has 0 heterocycles. The lowest BCUT2D eigenvalue weighted by molar-refractivity contribution is 0.264. The number of benzene rings is 2. The zero-order valence-corrected chi connectivity index (χ0v) is 10.3. The Bertz CT molecular complexity index is 467. The molecule has 1 nitrogen and oxygen atoms in total. The topological polar surface area (TPSA) is 20.2 Å². The molecule has 0 saturated heterocycles. The molecular formula is C15H15ClO. The van der Waals surface area contributed by atoms with Crippen molar-refractivity contribution in [1.82, 2.24) is 0 Å². The quantitative estimate of drug-likeness (QED) is 0.873. The van der Waals surface area contributed by atoms with Crippen molar-refractivity contribution < 1.29 is 5.11 Å². The van der Waals surface area contributed by atoms with Gasteiger partial charge >= 0.3 is 0 Å². The van der Waals surface area contributed by atoms with Crippen molar-refractivity contribution in [2.45, 2.75) is 12.3 Å². The normalized spacial score (nSPS) is 12.4. The summed E-state index contributed by atoms with van der Waals surface area (Å²) >= 11 is 6.13. The Kier molecular flexibility index (Phi) is 4.18. The molecule has 0 aliphatic carbocycles. The van der Waals surface area contributed by atoms with E-state index < -0.39 is 0 Å². The average molecular weight is 247 g/mol. The highest BCUT2D eigenvalue weighted by atomic mass is 35.5. The summed E-state index contributed by atoms with van der Waals surface area (Å²) in [5.41, 5.74) is 2.23. The molecule has 0 radical (unpaired) electrons. The van der Waals surface area contributed by atoms with Gasteiger partial charge in [-0.25, -0.2) is 0 Å². The van der Waals surface area contributed by atoms with Crippen molar-refractivity contribution in [2.24, 2.45) is 0 Å². The highest BCUT2D eigenvalue weighted by Gasteiger charge is 2.12. The number of hydrogen-bond acceptors (Lipinski definition) is 1. The van der Waals surface area contributed by atoms with Crippen LogP contribution in [0.1, 0.15) is 17.0 Å². The summed E-state index contributed by atoms with van der Waals surface area (Å²) < 4.78 is 0. The van der Waals surface area contributed by atoms with E-state index >= 15 is 0 Å². The van der Waals surface area contributed by atoms with Crippen molar-refractivity contribution >= 4 is 11.6 Å². The standard InChI is InChI=1S/C15H15ClO/c16-15-9-5-4-8-13(15)10-14(11-17)12-6-2-1-3-7-12/h1-9,14,17H,10-11H2. The molecule has 2 aromatic rings. The molecule has 0 aromatic heterocycles. The molecule has 0 saturated carbocycles. The Balaban J connectivity index is 2.19. The van der Waals surface area contributed by atoms with Crippen molar-refractivity contribution in [2.75, 3.05) is 6.61 Å². The molecule has 2 heteroatoms. The van der Waals surface area contributed by atoms with E-state index in [4.69, 9.17) is 11.6 Å². The zero-order valence-electron chi connectivity index (χ0n) is 9.51. The van der Waals surface area contributed by atoms with E-state index in [-0.39, 0.29) is 12.5 Å². The van der Waals surface area contributed by atoms with Crippen LogP contribution < -0.4 is 0 Å². The predicted octanol–water partition coefficient (Wildman–Crippen LogP) is 3.66. The molecule has 0 amide bonds. The Morgan fingerprint density at radius 2 is 1.59 bits per heavy atom. The highest BCUT2D eigenvalue weighted by molar-refractivity contribution is 6.31. The van der Waals surface area contributed by atoms with Gasteiger partial charge in [0.25, 0.3) is 0 Å². The largest absolute Gasteiger partial charge is 0.396 e. The molecule has 0 aliphatic heterocycles. The van der Waals surface area contributed by atoms with Gasteiger partial charge < -0.3 is 5.11 Å². The smallest absolute Gasteiger partial charge is 0.0502 e. The molecule has 1 unspecified atom stereocenters. The monoisotopic (exact) mass is 246 g/mol. The van der Waals surface area contributed by atoms with Gasteiger partial charge in [-0.2, -0.15) is 0 Å². The molecule has 1 atom stereocenters. The number of rotatable bonds is 4. The minimum Gasteiger partial charge on any atom is -0.396 e. The first-order valence-corrected chi connectivity index (χ1v) is 6.08. The Morgan fingerprint density at radius 1 is 0.941 bits per heavy atom. The van der Waals surface area contributed by atoms with Gasteiger partial charge in [0, 0.05) is 10.9 Å². The molecule has 88 valence electrons. The van der Waals surface area contributed by atoms with Crippen LogP contribution in [0.4, 0.5) is 0 Å². The minimum atomic E-state index is 0.107. The third-order valence-corrected chi connectivity index (χ3v) is 3.28. The van der Waals surface area contributed by atoms with Gasteiger partial charge in [0.1, 0.15) is 0 Å². The molecule has 1 N–H and O–H groups in total. The summed E-state index contributed by atoms with van der Waals surface area (Å²) in [7, 11) is 0. The maximum absolute atomic E-state index is 9.49. The number of halogens is 1. The molecule has 17 heavy (non-hydrogen) atoms. The second-order valence-corrected chi connectivity index (χ2v) is 4.49. The Labute approximate surface area is 107 Å². The lowest BCUT2D eigenvalue weighted by Crippen LogP contribution is -2.07. The van der Waals surface area contributed by atoms with Gasteiger partial charge in [0.05, 0.1) is 6.61 Å². The first-order chi connectivity index (χ1) is 8.31. The van der Waals surface area contributed by atoms with Crippen LogP contribution >= 0.6 is 11.6 Å². The van der Waals surface area contributed by atoms with Gasteiger partial charge in [-0.1, -0.05) is 60.1 Å². The first-order valence-electron chi connectivity index (χ1n) is 5.70. The van der Waals surface area contributed by atoms with Crippen molar-refractivity contribution in [3.63, 3.8) is 0 Å². The van der Waals surface area contributed by atoms with Crippen LogP contribution in [-0.4, -0.2) is 11.7 Å². The third-order valence-electron chi connectivity index (χ3n) is 2.92. The molecule has 0 spiro atoms. The molecule has 2 rings (SSSR count). The number of hydrogen-bond donors (Lipinski definition) is 1. The van der Waals surface area contributed by atoms with E-state index in [9.17, 15) is 5.11 Å². The lowest BCUT2D eigenvalue weighted by Gasteiger charge is -2.15. The molecule has 0 bridgehead atoms. The Morgan fingerprint density at radius 3 is 2.24 bits per heavy atom. The second-order valence-electron chi connectivity index (χ2n) is 4.09. The molecule has 2 aromatic carbocycles. The van der Waals surface area contributed by atoms with E-state index in [2.05, 4.69) is 0 Å². The van der Waals surface area contributed by atoms with E-state index in [0.29, 0.717) is 0 Å². The summed E-state index contributed by atoms with van der Waals surface area (Å²) in [6, 6.07) is 17.8. The fourth-order valence-electron chi connectivity index (χ4n) is 1.94. The van der Waals surface area contributed by atoms with E-state index in [1.807, 2.05) is 54.6 Å². The summed E-state index contributed by atoms with van der Waals surface area (Å²) in [5, 5.41) is 10.3. The lowest BCUT2D eigenvalue weighted by atomic mass is 9.93. The molecule has 0 aliphatic rings. The number of aliphatic hydroxyl groups excluding tert-OH is 1. The maximum Gasteiger partial charge on any atom is 0.0502 e. The van der Waals surface area contributed by atoms with Crippen LogP contribution in [0.2, 0.25) is 5.02 Å². The van der Waals surface area contributed by atoms with Crippen LogP contribution in [0, 0.1) is 0 Å². The van der Waals surface area contributed by atoms with Crippen LogP contribution in [0.5, 0.6) is 0 Å². The fraction of sp³-hybridized carbons (Fsp3) is 0.200. The number of aliphatic hydroxyl groups is 1. The summed E-state index contributed by atoms with van der Waals surface area (Å²) in [6.07, 6.45) is 0.764. The first kappa shape index (κ1) is 12.2. The van der Waals surface area contributed by atoms with Crippen molar-refractivity contribution in [3.05, 3.63) is 70.7 Å². The summed E-state index contributed by atoms with van der Waals surface area (Å²) in [6.45, 7) is 0.134. The maximum atomic E-state index is 9.49. The van der Waals surface area contributed by atoms with Crippen LogP contribution in [0.15, 0.2) is 54.6 Å². The van der Waals surface area contributed by atoms with Crippen LogP contribution in [0.3, 0.4) is 0 Å². The van der Waals surface area contributed by atoms with Crippen LogP contribution in [0.25, 0.3) is 0 Å². The van der Waals surface area contributed by atoms with E-state index in [1.54, 1.807) is 0 Å². The molecule has 0 fully saturated rings. The van der Waals surface area contributed by atoms with Crippen LogP contribution in [-0.2, 0) is 6.42 Å². The summed E-state index contributed by atoms with van der Waals surface area (Å²) in [5.74, 6) is 0.107. The minimum absolute atomic E-state index is 0.107. The van der Waals surface area contributed by atoms with Gasteiger partial charge in [0.2, 0.25) is 0 Å². The predicted molar refractivity (Wildman–Crippen MR) is 71.4 cm³/mol. The van der Waals surface area contributed by atoms with Gasteiger partial charge in [0.15, 0.2) is 0 Å².